The molecule has 1 unspecified atom stereocenters. The predicted octanol–water partition coefficient (Wildman–Crippen LogP) is 5.09. The van der Waals surface area contributed by atoms with E-state index in [0.717, 1.165) is 21.1 Å². The molecule has 3 heteroatoms. The molecule has 0 aromatic heterocycles. The molecule has 0 radical (unpaired) electrons. The third kappa shape index (κ3) is 2.92. The molecule has 1 fully saturated rings. The molecule has 88 valence electrons. The third-order valence-electron chi connectivity index (χ3n) is 3.42. The average Bonchev–Trinajstić information content (AvgIpc) is 2.77. The first kappa shape index (κ1) is 12.3. The zero-order chi connectivity index (χ0) is 11.5. The summed E-state index contributed by atoms with van der Waals surface area (Å²) in [4.78, 5) is 0. The number of rotatable bonds is 3. The van der Waals surface area contributed by atoms with Crippen molar-refractivity contribution in [3.05, 3.63) is 27.7 Å². The molecule has 1 aromatic carbocycles. The molecule has 0 aliphatic heterocycles. The van der Waals surface area contributed by atoms with Crippen LogP contribution in [0.3, 0.4) is 0 Å². The van der Waals surface area contributed by atoms with Crippen LogP contribution in [0.2, 0.25) is 5.02 Å². The lowest BCUT2D eigenvalue weighted by atomic mass is 9.99. The predicted molar refractivity (Wildman–Crippen MR) is 74.2 cm³/mol. The molecular formula is C13H17BrClN. The molecule has 0 heterocycles. The van der Waals surface area contributed by atoms with Crippen LogP contribution in [-0.2, 0) is 0 Å². The second-order valence-corrected chi connectivity index (χ2v) is 5.87. The highest BCUT2D eigenvalue weighted by atomic mass is 79.9. The standard InChI is InChI=1S/C13H17BrClN/c1-9(10-4-2-3-5-10)16-11-6-7-12(14)13(15)8-11/h6-10,16H,2-5H2,1H3. The molecule has 1 aliphatic carbocycles. The molecule has 0 spiro atoms. The average molecular weight is 303 g/mol. The van der Waals surface area contributed by atoms with Gasteiger partial charge in [-0.05, 0) is 59.8 Å². The number of nitrogens with one attached hydrogen (secondary N) is 1. The van der Waals surface area contributed by atoms with E-state index in [1.807, 2.05) is 12.1 Å². The van der Waals surface area contributed by atoms with E-state index >= 15 is 0 Å². The van der Waals surface area contributed by atoms with Crippen LogP contribution in [0.25, 0.3) is 0 Å². The van der Waals surface area contributed by atoms with Crippen LogP contribution in [-0.4, -0.2) is 6.04 Å². The summed E-state index contributed by atoms with van der Waals surface area (Å²) < 4.78 is 0.952. The van der Waals surface area contributed by atoms with Gasteiger partial charge in [0.1, 0.15) is 0 Å². The molecule has 0 amide bonds. The largest absolute Gasteiger partial charge is 0.382 e. The lowest BCUT2D eigenvalue weighted by molar-refractivity contribution is 0.482. The number of anilines is 1. The van der Waals surface area contributed by atoms with E-state index in [-0.39, 0.29) is 0 Å². The lowest BCUT2D eigenvalue weighted by Gasteiger charge is -2.21. The molecule has 1 atom stereocenters. The van der Waals surface area contributed by atoms with Crippen molar-refractivity contribution in [1.82, 2.24) is 0 Å². The van der Waals surface area contributed by atoms with Crippen molar-refractivity contribution in [3.8, 4) is 0 Å². The fourth-order valence-corrected chi connectivity index (χ4v) is 2.85. The summed E-state index contributed by atoms with van der Waals surface area (Å²) in [7, 11) is 0. The smallest absolute Gasteiger partial charge is 0.0568 e. The van der Waals surface area contributed by atoms with E-state index < -0.39 is 0 Å². The summed E-state index contributed by atoms with van der Waals surface area (Å²) in [6.45, 7) is 2.27. The van der Waals surface area contributed by atoms with E-state index in [1.165, 1.54) is 25.7 Å². The molecule has 1 nitrogen and oxygen atoms in total. The Balaban J connectivity index is 1.99. The quantitative estimate of drug-likeness (QED) is 0.819. The first-order valence-electron chi connectivity index (χ1n) is 5.88. The second-order valence-electron chi connectivity index (χ2n) is 4.61. The van der Waals surface area contributed by atoms with E-state index in [2.05, 4.69) is 34.2 Å². The van der Waals surface area contributed by atoms with Gasteiger partial charge in [0, 0.05) is 16.2 Å². The molecular weight excluding hydrogens is 286 g/mol. The zero-order valence-corrected chi connectivity index (χ0v) is 11.8. The SMILES string of the molecule is CC(Nc1ccc(Br)c(Cl)c1)C1CCCC1. The Morgan fingerprint density at radius 1 is 1.38 bits per heavy atom. The van der Waals surface area contributed by atoms with Crippen molar-refractivity contribution in [2.45, 2.75) is 38.6 Å². The van der Waals surface area contributed by atoms with Gasteiger partial charge in [0.15, 0.2) is 0 Å². The van der Waals surface area contributed by atoms with E-state index in [1.54, 1.807) is 0 Å². The lowest BCUT2D eigenvalue weighted by Crippen LogP contribution is -2.23. The maximum Gasteiger partial charge on any atom is 0.0568 e. The van der Waals surface area contributed by atoms with Gasteiger partial charge in [-0.15, -0.1) is 0 Å². The first-order chi connectivity index (χ1) is 7.66. The molecule has 0 saturated heterocycles. The molecule has 16 heavy (non-hydrogen) atoms. The Bertz CT molecular complexity index is 361. The van der Waals surface area contributed by atoms with Gasteiger partial charge in [0.05, 0.1) is 5.02 Å². The zero-order valence-electron chi connectivity index (χ0n) is 9.47. The minimum absolute atomic E-state index is 0.541. The van der Waals surface area contributed by atoms with Crippen LogP contribution in [0, 0.1) is 5.92 Å². The van der Waals surface area contributed by atoms with E-state index in [9.17, 15) is 0 Å². The summed E-state index contributed by atoms with van der Waals surface area (Å²) in [5, 5.41) is 4.31. The number of hydrogen-bond donors (Lipinski definition) is 1. The van der Waals surface area contributed by atoms with Gasteiger partial charge in [-0.1, -0.05) is 24.4 Å². The second kappa shape index (κ2) is 5.42. The molecule has 1 aromatic rings. The summed E-state index contributed by atoms with van der Waals surface area (Å²) in [5.74, 6) is 0.822. The fraction of sp³-hybridized carbons (Fsp3) is 0.538. The van der Waals surface area contributed by atoms with Gasteiger partial charge in [-0.3, -0.25) is 0 Å². The fourth-order valence-electron chi connectivity index (χ4n) is 2.42. The van der Waals surface area contributed by atoms with Crippen LogP contribution in [0.1, 0.15) is 32.6 Å². The van der Waals surface area contributed by atoms with Crippen molar-refractivity contribution >= 4 is 33.2 Å². The summed E-state index contributed by atoms with van der Waals surface area (Å²) in [6.07, 6.45) is 5.49. The minimum Gasteiger partial charge on any atom is -0.382 e. The summed E-state index contributed by atoms with van der Waals surface area (Å²) in [6, 6.07) is 6.59. The maximum atomic E-state index is 6.07. The van der Waals surface area contributed by atoms with Crippen LogP contribution in [0.15, 0.2) is 22.7 Å². The van der Waals surface area contributed by atoms with Gasteiger partial charge in [-0.25, -0.2) is 0 Å². The van der Waals surface area contributed by atoms with Crippen LogP contribution < -0.4 is 5.32 Å². The Hall–Kier alpha value is -0.210. The van der Waals surface area contributed by atoms with Gasteiger partial charge in [-0.2, -0.15) is 0 Å². The Kier molecular flexibility index (Phi) is 4.15. The van der Waals surface area contributed by atoms with Gasteiger partial charge in [0.25, 0.3) is 0 Å². The maximum absolute atomic E-state index is 6.07. The number of hydrogen-bond acceptors (Lipinski definition) is 1. The van der Waals surface area contributed by atoms with Crippen molar-refractivity contribution in [3.63, 3.8) is 0 Å². The van der Waals surface area contributed by atoms with Crippen LogP contribution in [0.4, 0.5) is 5.69 Å². The molecule has 2 rings (SSSR count). The Morgan fingerprint density at radius 3 is 2.69 bits per heavy atom. The molecule has 1 saturated carbocycles. The monoisotopic (exact) mass is 301 g/mol. The number of benzene rings is 1. The van der Waals surface area contributed by atoms with E-state index in [0.29, 0.717) is 6.04 Å². The molecule has 1 aliphatic rings. The first-order valence-corrected chi connectivity index (χ1v) is 7.05. The van der Waals surface area contributed by atoms with Gasteiger partial charge >= 0.3 is 0 Å². The minimum atomic E-state index is 0.541. The van der Waals surface area contributed by atoms with Crippen molar-refractivity contribution in [1.29, 1.82) is 0 Å². The number of halogens is 2. The van der Waals surface area contributed by atoms with Gasteiger partial charge < -0.3 is 5.32 Å². The van der Waals surface area contributed by atoms with Crippen molar-refractivity contribution in [2.75, 3.05) is 5.32 Å². The van der Waals surface area contributed by atoms with Crippen LogP contribution >= 0.6 is 27.5 Å². The Morgan fingerprint density at radius 2 is 2.06 bits per heavy atom. The summed E-state index contributed by atoms with van der Waals surface area (Å²) in [5.41, 5.74) is 1.12. The highest BCUT2D eigenvalue weighted by Crippen LogP contribution is 2.31. The topological polar surface area (TPSA) is 12.0 Å². The van der Waals surface area contributed by atoms with Crippen molar-refractivity contribution in [2.24, 2.45) is 5.92 Å². The third-order valence-corrected chi connectivity index (χ3v) is 4.65. The highest BCUT2D eigenvalue weighted by Gasteiger charge is 2.21. The van der Waals surface area contributed by atoms with E-state index in [4.69, 9.17) is 11.6 Å². The van der Waals surface area contributed by atoms with Crippen LogP contribution in [0.5, 0.6) is 0 Å². The highest BCUT2D eigenvalue weighted by molar-refractivity contribution is 9.10. The Labute approximate surface area is 111 Å². The van der Waals surface area contributed by atoms with Crippen molar-refractivity contribution < 1.29 is 0 Å². The summed E-state index contributed by atoms with van der Waals surface area (Å²) >= 11 is 9.47. The molecule has 1 N–H and O–H groups in total. The normalized spacial score (nSPS) is 18.7. The van der Waals surface area contributed by atoms with Gasteiger partial charge in [0.2, 0.25) is 0 Å². The molecule has 0 bridgehead atoms.